The number of aromatic nitrogens is 3. The molecule has 90 valence electrons. The molecule has 2 aromatic rings. The molecule has 0 aromatic carbocycles. The van der Waals surface area contributed by atoms with Crippen molar-refractivity contribution in [1.29, 1.82) is 0 Å². The molecule has 0 bridgehead atoms. The lowest BCUT2D eigenvalue weighted by Crippen LogP contribution is -2.21. The number of nitrogens with one attached hydrogen (secondary N) is 2. The normalized spacial score (nSPS) is 10.2. The maximum atomic E-state index is 4.25. The molecule has 0 aliphatic carbocycles. The molecule has 0 saturated carbocycles. The molecule has 0 fully saturated rings. The van der Waals surface area contributed by atoms with Crippen molar-refractivity contribution in [2.45, 2.75) is 6.42 Å². The Labute approximate surface area is 101 Å². The van der Waals surface area contributed by atoms with E-state index in [0.29, 0.717) is 0 Å². The SMILES string of the molecule is CNc1cc(N(C)CCc2ccc[nH]2)ncn1. The Hall–Kier alpha value is -2.04. The van der Waals surface area contributed by atoms with E-state index >= 15 is 0 Å². The van der Waals surface area contributed by atoms with Crippen LogP contribution in [0.15, 0.2) is 30.7 Å². The molecule has 0 radical (unpaired) electrons. The van der Waals surface area contributed by atoms with Crippen molar-refractivity contribution in [3.8, 4) is 0 Å². The highest BCUT2D eigenvalue weighted by molar-refractivity contribution is 5.47. The third-order valence-corrected chi connectivity index (χ3v) is 2.68. The van der Waals surface area contributed by atoms with Crippen LogP contribution < -0.4 is 10.2 Å². The average Bonchev–Trinajstić information content (AvgIpc) is 2.89. The Kier molecular flexibility index (Phi) is 3.59. The van der Waals surface area contributed by atoms with Gasteiger partial charge in [0.2, 0.25) is 0 Å². The van der Waals surface area contributed by atoms with Crippen LogP contribution in [0, 0.1) is 0 Å². The second kappa shape index (κ2) is 5.34. The predicted molar refractivity (Wildman–Crippen MR) is 69.3 cm³/mol. The molecule has 2 heterocycles. The summed E-state index contributed by atoms with van der Waals surface area (Å²) in [5.74, 6) is 1.76. The van der Waals surface area contributed by atoms with Crippen molar-refractivity contribution in [3.05, 3.63) is 36.4 Å². The molecule has 5 heteroatoms. The number of likely N-dealkylation sites (N-methyl/N-ethyl adjacent to an activating group) is 1. The van der Waals surface area contributed by atoms with Crippen LogP contribution in [0.1, 0.15) is 5.69 Å². The first-order chi connectivity index (χ1) is 8.29. The summed E-state index contributed by atoms with van der Waals surface area (Å²) < 4.78 is 0. The van der Waals surface area contributed by atoms with E-state index in [2.05, 4.69) is 31.2 Å². The second-order valence-electron chi connectivity index (χ2n) is 3.88. The van der Waals surface area contributed by atoms with Gasteiger partial charge in [0, 0.05) is 45.0 Å². The first-order valence-corrected chi connectivity index (χ1v) is 5.63. The molecule has 0 atom stereocenters. The molecule has 17 heavy (non-hydrogen) atoms. The smallest absolute Gasteiger partial charge is 0.133 e. The monoisotopic (exact) mass is 231 g/mol. The van der Waals surface area contributed by atoms with Crippen molar-refractivity contribution >= 4 is 11.6 Å². The average molecular weight is 231 g/mol. The number of anilines is 2. The van der Waals surface area contributed by atoms with E-state index in [4.69, 9.17) is 0 Å². The third-order valence-electron chi connectivity index (χ3n) is 2.68. The molecule has 2 N–H and O–H groups in total. The molecule has 5 nitrogen and oxygen atoms in total. The van der Waals surface area contributed by atoms with Crippen LogP contribution in [0.3, 0.4) is 0 Å². The van der Waals surface area contributed by atoms with E-state index in [9.17, 15) is 0 Å². The summed E-state index contributed by atoms with van der Waals surface area (Å²) in [6.45, 7) is 0.917. The summed E-state index contributed by atoms with van der Waals surface area (Å²) in [5.41, 5.74) is 1.24. The van der Waals surface area contributed by atoms with E-state index < -0.39 is 0 Å². The largest absolute Gasteiger partial charge is 0.373 e. The van der Waals surface area contributed by atoms with Crippen molar-refractivity contribution in [1.82, 2.24) is 15.0 Å². The Morgan fingerprint density at radius 2 is 2.29 bits per heavy atom. The van der Waals surface area contributed by atoms with Gasteiger partial charge >= 0.3 is 0 Å². The third kappa shape index (κ3) is 2.96. The summed E-state index contributed by atoms with van der Waals surface area (Å²) in [6.07, 6.45) is 4.49. The van der Waals surface area contributed by atoms with Gasteiger partial charge in [0.05, 0.1) is 0 Å². The number of hydrogen-bond donors (Lipinski definition) is 2. The number of nitrogens with zero attached hydrogens (tertiary/aromatic N) is 3. The standard InChI is InChI=1S/C12H17N5/c1-13-11-8-12(16-9-15-11)17(2)7-5-10-4-3-6-14-10/h3-4,6,8-9,14H,5,7H2,1-2H3,(H,13,15,16). The predicted octanol–water partition coefficient (Wildman–Crippen LogP) is 1.53. The van der Waals surface area contributed by atoms with Gasteiger partial charge in [0.15, 0.2) is 0 Å². The van der Waals surface area contributed by atoms with Gasteiger partial charge in [-0.2, -0.15) is 0 Å². The van der Waals surface area contributed by atoms with Crippen LogP contribution in [0.25, 0.3) is 0 Å². The van der Waals surface area contributed by atoms with E-state index in [1.165, 1.54) is 5.69 Å². The minimum absolute atomic E-state index is 0.835. The van der Waals surface area contributed by atoms with E-state index in [0.717, 1.165) is 24.6 Å². The van der Waals surface area contributed by atoms with Gasteiger partial charge in [0.25, 0.3) is 0 Å². The van der Waals surface area contributed by atoms with Gasteiger partial charge < -0.3 is 15.2 Å². The lowest BCUT2D eigenvalue weighted by atomic mass is 10.3. The van der Waals surface area contributed by atoms with E-state index in [1.54, 1.807) is 6.33 Å². The molecule has 0 aliphatic rings. The van der Waals surface area contributed by atoms with Crippen molar-refractivity contribution < 1.29 is 0 Å². The molecule has 0 aliphatic heterocycles. The molecule has 0 saturated heterocycles. The zero-order valence-electron chi connectivity index (χ0n) is 10.1. The van der Waals surface area contributed by atoms with Gasteiger partial charge in [-0.1, -0.05) is 0 Å². The van der Waals surface area contributed by atoms with Crippen LogP contribution in [0.4, 0.5) is 11.6 Å². The fourth-order valence-corrected chi connectivity index (χ4v) is 1.62. The van der Waals surface area contributed by atoms with E-state index in [1.807, 2.05) is 32.4 Å². The molecule has 0 spiro atoms. The topological polar surface area (TPSA) is 56.8 Å². The quantitative estimate of drug-likeness (QED) is 0.819. The zero-order valence-corrected chi connectivity index (χ0v) is 10.1. The Morgan fingerprint density at radius 3 is 3.00 bits per heavy atom. The Bertz CT molecular complexity index is 452. The van der Waals surface area contributed by atoms with Crippen LogP contribution in [0.2, 0.25) is 0 Å². The van der Waals surface area contributed by atoms with Gasteiger partial charge in [-0.05, 0) is 12.1 Å². The molecule has 0 amide bonds. The lowest BCUT2D eigenvalue weighted by Gasteiger charge is -2.17. The van der Waals surface area contributed by atoms with Gasteiger partial charge in [-0.25, -0.2) is 9.97 Å². The highest BCUT2D eigenvalue weighted by Crippen LogP contribution is 2.12. The number of hydrogen-bond acceptors (Lipinski definition) is 4. The lowest BCUT2D eigenvalue weighted by molar-refractivity contribution is 0.841. The summed E-state index contributed by atoms with van der Waals surface area (Å²) in [5, 5.41) is 3.01. The Morgan fingerprint density at radius 1 is 1.41 bits per heavy atom. The van der Waals surface area contributed by atoms with Gasteiger partial charge in [-0.15, -0.1) is 0 Å². The molecule has 2 rings (SSSR count). The summed E-state index contributed by atoms with van der Waals surface area (Å²) in [6, 6.07) is 6.04. The first kappa shape index (κ1) is 11.4. The molecular formula is C12H17N5. The minimum Gasteiger partial charge on any atom is -0.373 e. The second-order valence-corrected chi connectivity index (χ2v) is 3.88. The summed E-state index contributed by atoms with van der Waals surface area (Å²) >= 11 is 0. The first-order valence-electron chi connectivity index (χ1n) is 5.63. The zero-order chi connectivity index (χ0) is 12.1. The van der Waals surface area contributed by atoms with Crippen LogP contribution in [0.5, 0.6) is 0 Å². The fourth-order valence-electron chi connectivity index (χ4n) is 1.62. The van der Waals surface area contributed by atoms with Gasteiger partial charge in [0.1, 0.15) is 18.0 Å². The minimum atomic E-state index is 0.835. The molecular weight excluding hydrogens is 214 g/mol. The number of H-pyrrole nitrogens is 1. The molecule has 0 unspecified atom stereocenters. The molecule has 2 aromatic heterocycles. The van der Waals surface area contributed by atoms with Crippen LogP contribution in [-0.4, -0.2) is 35.6 Å². The Balaban J connectivity index is 1.96. The fraction of sp³-hybridized carbons (Fsp3) is 0.333. The van der Waals surface area contributed by atoms with Crippen LogP contribution >= 0.6 is 0 Å². The maximum Gasteiger partial charge on any atom is 0.133 e. The maximum absolute atomic E-state index is 4.25. The van der Waals surface area contributed by atoms with Crippen molar-refractivity contribution in [2.75, 3.05) is 30.9 Å². The highest BCUT2D eigenvalue weighted by Gasteiger charge is 2.04. The van der Waals surface area contributed by atoms with Crippen molar-refractivity contribution in [3.63, 3.8) is 0 Å². The van der Waals surface area contributed by atoms with Crippen molar-refractivity contribution in [2.24, 2.45) is 0 Å². The number of rotatable bonds is 5. The summed E-state index contributed by atoms with van der Waals surface area (Å²) in [7, 11) is 3.88. The van der Waals surface area contributed by atoms with Gasteiger partial charge in [-0.3, -0.25) is 0 Å². The number of aromatic amines is 1. The highest BCUT2D eigenvalue weighted by atomic mass is 15.2. The summed E-state index contributed by atoms with van der Waals surface area (Å²) in [4.78, 5) is 13.7. The van der Waals surface area contributed by atoms with E-state index in [-0.39, 0.29) is 0 Å². The van der Waals surface area contributed by atoms with Crippen LogP contribution in [-0.2, 0) is 6.42 Å².